The van der Waals surface area contributed by atoms with Gasteiger partial charge in [-0.2, -0.15) is 0 Å². The minimum atomic E-state index is -3.95. The average Bonchev–Trinajstić information content (AvgIpc) is 2.77. The predicted octanol–water partition coefficient (Wildman–Crippen LogP) is 1.43. The molecule has 2 rings (SSSR count). The summed E-state index contributed by atoms with van der Waals surface area (Å²) in [6.45, 7) is 0.113. The maximum absolute atomic E-state index is 12.7. The lowest BCUT2D eigenvalue weighted by atomic mass is 9.92. The fraction of sp³-hybridized carbons (Fsp3) is 0.625. The number of ether oxygens (including phenoxy) is 1. The Balaban J connectivity index is 2.29. The van der Waals surface area contributed by atoms with E-state index in [1.807, 2.05) is 0 Å². The van der Waals surface area contributed by atoms with Crippen molar-refractivity contribution in [2.24, 2.45) is 5.73 Å². The molecule has 25 heavy (non-hydrogen) atoms. The van der Waals surface area contributed by atoms with Gasteiger partial charge in [0.05, 0.1) is 12.0 Å². The Morgan fingerprint density at radius 3 is 2.24 bits per heavy atom. The van der Waals surface area contributed by atoms with Crippen LogP contribution in [-0.2, 0) is 19.9 Å². The molecule has 0 spiro atoms. The molecule has 0 amide bonds. The molecule has 0 aromatic heterocycles. The van der Waals surface area contributed by atoms with Crippen LogP contribution in [0.2, 0.25) is 0 Å². The number of rotatable bonds is 6. The quantitative estimate of drug-likeness (QED) is 0.710. The van der Waals surface area contributed by atoms with E-state index in [0.717, 1.165) is 50.8 Å². The molecule has 142 valence electrons. The van der Waals surface area contributed by atoms with Crippen molar-refractivity contribution in [2.75, 3.05) is 19.9 Å². The highest BCUT2D eigenvalue weighted by Crippen LogP contribution is 2.28. The highest BCUT2D eigenvalue weighted by molar-refractivity contribution is 7.91. The summed E-state index contributed by atoms with van der Waals surface area (Å²) in [6, 6.07) is 3.78. The molecular weight excluding hydrogens is 364 g/mol. The van der Waals surface area contributed by atoms with Crippen LogP contribution in [0.1, 0.15) is 38.5 Å². The van der Waals surface area contributed by atoms with Gasteiger partial charge in [-0.05, 0) is 31.0 Å². The van der Waals surface area contributed by atoms with E-state index < -0.39 is 25.4 Å². The molecule has 1 aromatic rings. The van der Waals surface area contributed by atoms with Crippen molar-refractivity contribution in [3.05, 3.63) is 18.2 Å². The number of benzene rings is 1. The molecule has 0 radical (unpaired) electrons. The Hall–Kier alpha value is -1.16. The van der Waals surface area contributed by atoms with Gasteiger partial charge in [0.1, 0.15) is 10.6 Å². The van der Waals surface area contributed by atoms with Crippen molar-refractivity contribution in [1.82, 2.24) is 4.72 Å². The van der Waals surface area contributed by atoms with Gasteiger partial charge in [0.2, 0.25) is 10.0 Å². The van der Waals surface area contributed by atoms with Gasteiger partial charge in [0, 0.05) is 18.3 Å². The summed E-state index contributed by atoms with van der Waals surface area (Å²) >= 11 is 0. The average molecular weight is 391 g/mol. The third-order valence-corrected chi connectivity index (χ3v) is 7.10. The fourth-order valence-corrected chi connectivity index (χ4v) is 5.08. The third-order valence-electron chi connectivity index (χ3n) is 4.57. The van der Waals surface area contributed by atoms with Gasteiger partial charge >= 0.3 is 0 Å². The van der Waals surface area contributed by atoms with E-state index in [1.165, 1.54) is 19.2 Å². The highest BCUT2D eigenvalue weighted by atomic mass is 32.2. The van der Waals surface area contributed by atoms with Crippen LogP contribution in [0.25, 0.3) is 0 Å². The zero-order chi connectivity index (χ0) is 18.7. The molecule has 0 atom stereocenters. The zero-order valence-electron chi connectivity index (χ0n) is 14.6. The van der Waals surface area contributed by atoms with E-state index >= 15 is 0 Å². The van der Waals surface area contributed by atoms with Gasteiger partial charge in [-0.15, -0.1) is 0 Å². The summed E-state index contributed by atoms with van der Waals surface area (Å²) in [5.41, 5.74) is 5.78. The van der Waals surface area contributed by atoms with Crippen molar-refractivity contribution < 1.29 is 21.6 Å². The second kappa shape index (κ2) is 7.61. The van der Waals surface area contributed by atoms with Crippen LogP contribution in [0.3, 0.4) is 0 Å². The molecule has 3 N–H and O–H groups in total. The first-order valence-corrected chi connectivity index (χ1v) is 11.6. The maximum Gasteiger partial charge on any atom is 0.244 e. The molecule has 1 saturated carbocycles. The number of nitrogens with two attached hydrogens (primary N) is 1. The summed E-state index contributed by atoms with van der Waals surface area (Å²) in [6.07, 6.45) is 6.72. The Morgan fingerprint density at radius 1 is 1.12 bits per heavy atom. The van der Waals surface area contributed by atoms with Crippen molar-refractivity contribution in [2.45, 2.75) is 53.9 Å². The number of sulfone groups is 1. The topological polar surface area (TPSA) is 116 Å². The Morgan fingerprint density at radius 2 is 1.72 bits per heavy atom. The predicted molar refractivity (Wildman–Crippen MR) is 95.9 cm³/mol. The van der Waals surface area contributed by atoms with E-state index in [0.29, 0.717) is 0 Å². The molecule has 9 heteroatoms. The number of hydrogen-bond donors (Lipinski definition) is 2. The number of hydrogen-bond acceptors (Lipinski definition) is 6. The molecule has 0 saturated heterocycles. The first-order chi connectivity index (χ1) is 11.6. The first-order valence-electron chi connectivity index (χ1n) is 8.24. The van der Waals surface area contributed by atoms with Gasteiger partial charge in [0.25, 0.3) is 0 Å². The van der Waals surface area contributed by atoms with Gasteiger partial charge in [-0.1, -0.05) is 25.7 Å². The van der Waals surface area contributed by atoms with E-state index in [2.05, 4.69) is 4.72 Å². The summed E-state index contributed by atoms with van der Waals surface area (Å²) in [5.74, 6) is 0.0897. The smallest absolute Gasteiger partial charge is 0.244 e. The van der Waals surface area contributed by atoms with Crippen LogP contribution in [0.4, 0.5) is 0 Å². The van der Waals surface area contributed by atoms with Crippen LogP contribution in [-0.4, -0.2) is 42.3 Å². The van der Waals surface area contributed by atoms with E-state index in [9.17, 15) is 16.8 Å². The fourth-order valence-electron chi connectivity index (χ4n) is 3.02. The summed E-state index contributed by atoms with van der Waals surface area (Å²) in [7, 11) is -6.15. The lowest BCUT2D eigenvalue weighted by Crippen LogP contribution is -2.49. The number of nitrogens with one attached hydrogen (secondary N) is 1. The lowest BCUT2D eigenvalue weighted by Gasteiger charge is -2.28. The van der Waals surface area contributed by atoms with Gasteiger partial charge < -0.3 is 10.5 Å². The monoisotopic (exact) mass is 390 g/mol. The van der Waals surface area contributed by atoms with E-state index in [-0.39, 0.29) is 22.1 Å². The standard InChI is InChI=1S/C16H26N2O5S2/c1-23-14-8-7-13(24(2,19)20)11-15(14)25(21,22)18-12-16(17)9-5-3-4-6-10-16/h7-8,11,18H,3-6,9-10,12,17H2,1-2H3. The van der Waals surface area contributed by atoms with Crippen molar-refractivity contribution >= 4 is 19.9 Å². The summed E-state index contributed by atoms with van der Waals surface area (Å²) in [5, 5.41) is 0. The Bertz CT molecular complexity index is 811. The molecule has 1 aliphatic carbocycles. The minimum Gasteiger partial charge on any atom is -0.495 e. The second-order valence-electron chi connectivity index (χ2n) is 6.69. The molecule has 0 unspecified atom stereocenters. The van der Waals surface area contributed by atoms with Crippen LogP contribution in [0.5, 0.6) is 5.75 Å². The molecule has 1 aromatic carbocycles. The van der Waals surface area contributed by atoms with Crippen LogP contribution in [0.15, 0.2) is 28.0 Å². The zero-order valence-corrected chi connectivity index (χ0v) is 16.2. The Labute approximate surface area is 149 Å². The molecule has 7 nitrogen and oxygen atoms in total. The SMILES string of the molecule is COc1ccc(S(C)(=O)=O)cc1S(=O)(=O)NCC1(N)CCCCCC1. The van der Waals surface area contributed by atoms with Gasteiger partial charge in [0.15, 0.2) is 9.84 Å². The van der Waals surface area contributed by atoms with Crippen molar-refractivity contribution in [3.63, 3.8) is 0 Å². The van der Waals surface area contributed by atoms with Crippen LogP contribution < -0.4 is 15.2 Å². The molecular formula is C16H26N2O5S2. The Kier molecular flexibility index (Phi) is 6.13. The highest BCUT2D eigenvalue weighted by Gasteiger charge is 2.30. The summed E-state index contributed by atoms with van der Waals surface area (Å²) in [4.78, 5) is -0.277. The van der Waals surface area contributed by atoms with E-state index in [4.69, 9.17) is 10.5 Å². The van der Waals surface area contributed by atoms with E-state index in [1.54, 1.807) is 0 Å². The van der Waals surface area contributed by atoms with Gasteiger partial charge in [-0.3, -0.25) is 0 Å². The second-order valence-corrected chi connectivity index (χ2v) is 10.4. The number of methoxy groups -OCH3 is 1. The van der Waals surface area contributed by atoms with Crippen LogP contribution in [0, 0.1) is 0 Å². The molecule has 0 heterocycles. The van der Waals surface area contributed by atoms with Crippen LogP contribution >= 0.6 is 0 Å². The lowest BCUT2D eigenvalue weighted by molar-refractivity contribution is 0.368. The molecule has 0 aliphatic heterocycles. The van der Waals surface area contributed by atoms with Crippen molar-refractivity contribution in [1.29, 1.82) is 0 Å². The third kappa shape index (κ3) is 5.16. The van der Waals surface area contributed by atoms with Crippen molar-refractivity contribution in [3.8, 4) is 5.75 Å². The van der Waals surface area contributed by atoms with Gasteiger partial charge in [-0.25, -0.2) is 21.6 Å². The normalized spacial score (nSPS) is 18.5. The number of sulfonamides is 1. The molecule has 1 fully saturated rings. The molecule has 0 bridgehead atoms. The first kappa shape index (κ1) is 20.2. The molecule has 1 aliphatic rings. The summed E-state index contributed by atoms with van der Waals surface area (Å²) < 4.78 is 56.5. The minimum absolute atomic E-state index is 0.0781. The maximum atomic E-state index is 12.7. The largest absolute Gasteiger partial charge is 0.495 e.